The number of carbonyl (C=O) groups is 1. The monoisotopic (exact) mass is 215 g/mol. The standard InChI is InChI=1S/C8H13N3O2S/c1-8(2,7(12)13-3)9-4-6-5-14-11-10-6/h5,9H,4H2,1-3H3. The lowest BCUT2D eigenvalue weighted by Gasteiger charge is -2.22. The summed E-state index contributed by atoms with van der Waals surface area (Å²) < 4.78 is 8.37. The van der Waals surface area contributed by atoms with Crippen molar-refractivity contribution in [3.63, 3.8) is 0 Å². The molecular formula is C8H13N3O2S. The number of ether oxygens (including phenoxy) is 1. The van der Waals surface area contributed by atoms with Gasteiger partial charge in [-0.3, -0.25) is 10.1 Å². The Hall–Kier alpha value is -1.01. The van der Waals surface area contributed by atoms with Gasteiger partial charge in [0, 0.05) is 11.9 Å². The van der Waals surface area contributed by atoms with Gasteiger partial charge in [0.2, 0.25) is 0 Å². The SMILES string of the molecule is COC(=O)C(C)(C)NCc1csnn1. The van der Waals surface area contributed by atoms with E-state index in [9.17, 15) is 4.79 Å². The Balaban J connectivity index is 2.48. The molecule has 5 nitrogen and oxygen atoms in total. The van der Waals surface area contributed by atoms with Crippen molar-refractivity contribution in [2.45, 2.75) is 25.9 Å². The van der Waals surface area contributed by atoms with Crippen LogP contribution in [0.1, 0.15) is 19.5 Å². The lowest BCUT2D eigenvalue weighted by Crippen LogP contribution is -2.47. The number of hydrogen-bond donors (Lipinski definition) is 1. The fraction of sp³-hybridized carbons (Fsp3) is 0.625. The molecule has 1 N–H and O–H groups in total. The molecule has 0 saturated heterocycles. The summed E-state index contributed by atoms with van der Waals surface area (Å²) >= 11 is 1.29. The molecule has 0 bridgehead atoms. The summed E-state index contributed by atoms with van der Waals surface area (Å²) in [6, 6.07) is 0. The van der Waals surface area contributed by atoms with E-state index in [-0.39, 0.29) is 5.97 Å². The first-order chi connectivity index (χ1) is 6.56. The number of esters is 1. The van der Waals surface area contributed by atoms with Crippen molar-refractivity contribution in [2.24, 2.45) is 0 Å². The molecule has 1 aromatic rings. The molecule has 0 spiro atoms. The Bertz CT molecular complexity index is 298. The third kappa shape index (κ3) is 2.74. The molecule has 14 heavy (non-hydrogen) atoms. The summed E-state index contributed by atoms with van der Waals surface area (Å²) in [4.78, 5) is 11.3. The zero-order valence-corrected chi connectivity index (χ0v) is 9.22. The molecule has 0 saturated carbocycles. The van der Waals surface area contributed by atoms with Gasteiger partial charge in [-0.1, -0.05) is 4.49 Å². The molecule has 6 heteroatoms. The van der Waals surface area contributed by atoms with E-state index in [2.05, 4.69) is 19.6 Å². The van der Waals surface area contributed by atoms with Crippen molar-refractivity contribution in [1.29, 1.82) is 0 Å². The van der Waals surface area contributed by atoms with Crippen LogP contribution in [0.2, 0.25) is 0 Å². The van der Waals surface area contributed by atoms with Gasteiger partial charge in [-0.25, -0.2) is 0 Å². The highest BCUT2D eigenvalue weighted by atomic mass is 32.1. The van der Waals surface area contributed by atoms with Crippen LogP contribution in [0.25, 0.3) is 0 Å². The summed E-state index contributed by atoms with van der Waals surface area (Å²) in [6.07, 6.45) is 0. The maximum atomic E-state index is 11.3. The maximum Gasteiger partial charge on any atom is 0.325 e. The summed E-state index contributed by atoms with van der Waals surface area (Å²) in [7, 11) is 1.37. The molecule has 0 aliphatic heterocycles. The average molecular weight is 215 g/mol. The predicted octanol–water partition coefficient (Wildman–Crippen LogP) is 0.579. The van der Waals surface area contributed by atoms with Crippen LogP contribution >= 0.6 is 11.5 Å². The Morgan fingerprint density at radius 2 is 2.43 bits per heavy atom. The van der Waals surface area contributed by atoms with Crippen molar-refractivity contribution in [1.82, 2.24) is 14.9 Å². The Kier molecular flexibility index (Phi) is 3.54. The largest absolute Gasteiger partial charge is 0.468 e. The topological polar surface area (TPSA) is 64.1 Å². The van der Waals surface area contributed by atoms with Crippen LogP contribution in [0.5, 0.6) is 0 Å². The summed E-state index contributed by atoms with van der Waals surface area (Å²) in [6.45, 7) is 4.04. The van der Waals surface area contributed by atoms with E-state index in [0.29, 0.717) is 6.54 Å². The van der Waals surface area contributed by atoms with Crippen LogP contribution in [0.4, 0.5) is 0 Å². The van der Waals surface area contributed by atoms with Crippen LogP contribution in [-0.2, 0) is 16.1 Å². The van der Waals surface area contributed by atoms with Gasteiger partial charge in [0.1, 0.15) is 5.54 Å². The third-order valence-electron chi connectivity index (χ3n) is 1.81. The highest BCUT2D eigenvalue weighted by Gasteiger charge is 2.27. The van der Waals surface area contributed by atoms with E-state index >= 15 is 0 Å². The van der Waals surface area contributed by atoms with Crippen LogP contribution < -0.4 is 5.32 Å². The fourth-order valence-corrected chi connectivity index (χ4v) is 1.35. The molecule has 1 rings (SSSR count). The van der Waals surface area contributed by atoms with Crippen LogP contribution in [-0.4, -0.2) is 28.2 Å². The zero-order chi connectivity index (χ0) is 10.6. The predicted molar refractivity (Wildman–Crippen MR) is 52.8 cm³/mol. The number of nitrogens with one attached hydrogen (secondary N) is 1. The van der Waals surface area contributed by atoms with Crippen molar-refractivity contribution in [3.05, 3.63) is 11.1 Å². The lowest BCUT2D eigenvalue weighted by molar-refractivity contribution is -0.147. The molecule has 78 valence electrons. The van der Waals surface area contributed by atoms with Crippen molar-refractivity contribution >= 4 is 17.5 Å². The number of nitrogens with zero attached hydrogens (tertiary/aromatic N) is 2. The molecule has 0 atom stereocenters. The van der Waals surface area contributed by atoms with Gasteiger partial charge in [0.25, 0.3) is 0 Å². The van der Waals surface area contributed by atoms with Crippen LogP contribution in [0, 0.1) is 0 Å². The number of carbonyl (C=O) groups excluding carboxylic acids is 1. The Labute approximate surface area is 86.6 Å². The molecule has 0 aromatic carbocycles. The molecule has 0 radical (unpaired) electrons. The van der Waals surface area contributed by atoms with E-state index in [4.69, 9.17) is 0 Å². The van der Waals surface area contributed by atoms with Gasteiger partial charge in [-0.15, -0.1) is 5.10 Å². The van der Waals surface area contributed by atoms with E-state index < -0.39 is 5.54 Å². The smallest absolute Gasteiger partial charge is 0.325 e. The van der Waals surface area contributed by atoms with Crippen LogP contribution in [0.3, 0.4) is 0 Å². The maximum absolute atomic E-state index is 11.3. The van der Waals surface area contributed by atoms with Gasteiger partial charge in [-0.2, -0.15) is 0 Å². The van der Waals surface area contributed by atoms with E-state index in [1.165, 1.54) is 18.6 Å². The minimum atomic E-state index is -0.696. The van der Waals surface area contributed by atoms with Crippen molar-refractivity contribution < 1.29 is 9.53 Å². The van der Waals surface area contributed by atoms with Gasteiger partial charge >= 0.3 is 5.97 Å². The molecular weight excluding hydrogens is 202 g/mol. The first kappa shape index (κ1) is 11.1. The number of hydrogen-bond acceptors (Lipinski definition) is 6. The summed E-state index contributed by atoms with van der Waals surface area (Å²) in [5.74, 6) is -0.291. The Morgan fingerprint density at radius 1 is 1.71 bits per heavy atom. The van der Waals surface area contributed by atoms with Gasteiger partial charge in [0.15, 0.2) is 0 Å². The summed E-state index contributed by atoms with van der Waals surface area (Å²) in [5, 5.41) is 8.73. The van der Waals surface area contributed by atoms with E-state index in [0.717, 1.165) is 5.69 Å². The lowest BCUT2D eigenvalue weighted by atomic mass is 10.1. The fourth-order valence-electron chi connectivity index (χ4n) is 0.900. The second-order valence-electron chi connectivity index (χ2n) is 3.37. The second kappa shape index (κ2) is 4.47. The molecule has 0 unspecified atom stereocenters. The van der Waals surface area contributed by atoms with E-state index in [1.807, 2.05) is 5.38 Å². The molecule has 1 aromatic heterocycles. The van der Waals surface area contributed by atoms with Gasteiger partial charge < -0.3 is 4.74 Å². The van der Waals surface area contributed by atoms with Gasteiger partial charge in [-0.05, 0) is 25.4 Å². The second-order valence-corrected chi connectivity index (χ2v) is 3.98. The van der Waals surface area contributed by atoms with Crippen LogP contribution in [0.15, 0.2) is 5.38 Å². The highest BCUT2D eigenvalue weighted by molar-refractivity contribution is 7.03. The molecule has 0 aliphatic rings. The zero-order valence-electron chi connectivity index (χ0n) is 8.40. The van der Waals surface area contributed by atoms with E-state index in [1.54, 1.807) is 13.8 Å². The molecule has 0 aliphatic carbocycles. The van der Waals surface area contributed by atoms with Gasteiger partial charge in [0.05, 0.1) is 12.8 Å². The minimum Gasteiger partial charge on any atom is -0.468 e. The third-order valence-corrected chi connectivity index (χ3v) is 2.37. The van der Waals surface area contributed by atoms with Crippen molar-refractivity contribution in [2.75, 3.05) is 7.11 Å². The number of methoxy groups -OCH3 is 1. The Morgan fingerprint density at radius 3 is 2.93 bits per heavy atom. The first-order valence-corrected chi connectivity index (χ1v) is 4.99. The summed E-state index contributed by atoms with van der Waals surface area (Å²) in [5.41, 5.74) is 0.130. The minimum absolute atomic E-state index is 0.291. The quantitative estimate of drug-likeness (QED) is 0.744. The number of rotatable bonds is 4. The molecule has 0 fully saturated rings. The van der Waals surface area contributed by atoms with Crippen molar-refractivity contribution in [3.8, 4) is 0 Å². The highest BCUT2D eigenvalue weighted by Crippen LogP contribution is 2.06. The molecule has 1 heterocycles. The molecule has 0 amide bonds. The first-order valence-electron chi connectivity index (χ1n) is 4.15. The number of aromatic nitrogens is 2. The average Bonchev–Trinajstić information content (AvgIpc) is 2.66. The normalized spacial score (nSPS) is 11.4.